The highest BCUT2D eigenvalue weighted by molar-refractivity contribution is 9.10. The minimum Gasteiger partial charge on any atom is -0.444 e. The van der Waals surface area contributed by atoms with Crippen molar-refractivity contribution in [3.8, 4) is 0 Å². The van der Waals surface area contributed by atoms with Gasteiger partial charge in [0.15, 0.2) is 0 Å². The Morgan fingerprint density at radius 3 is 2.63 bits per heavy atom. The van der Waals surface area contributed by atoms with Crippen LogP contribution in [0.5, 0.6) is 0 Å². The summed E-state index contributed by atoms with van der Waals surface area (Å²) in [6.07, 6.45) is 0.554. The predicted molar refractivity (Wildman–Crippen MR) is 79.3 cm³/mol. The number of halogens is 1. The summed E-state index contributed by atoms with van der Waals surface area (Å²) < 4.78 is 6.07. The minimum atomic E-state index is -0.507. The molecule has 1 saturated carbocycles. The highest BCUT2D eigenvalue weighted by Crippen LogP contribution is 2.41. The van der Waals surface area contributed by atoms with Crippen molar-refractivity contribution in [3.05, 3.63) is 28.2 Å². The first-order valence-corrected chi connectivity index (χ1v) is 7.10. The molecule has 3 N–H and O–H groups in total. The van der Waals surface area contributed by atoms with Crippen molar-refractivity contribution in [2.45, 2.75) is 44.8 Å². The third-order valence-electron chi connectivity index (χ3n) is 2.89. The molecule has 0 aromatic heterocycles. The molecule has 1 aromatic carbocycles. The van der Waals surface area contributed by atoms with Gasteiger partial charge in [0.2, 0.25) is 0 Å². The number of carbonyl (C=O) groups is 1. The Balaban J connectivity index is 2.09. The van der Waals surface area contributed by atoms with Crippen molar-refractivity contribution in [1.82, 2.24) is 0 Å². The maximum Gasteiger partial charge on any atom is 0.412 e. The van der Waals surface area contributed by atoms with E-state index in [1.54, 1.807) is 0 Å². The minimum absolute atomic E-state index is 0.246. The fourth-order valence-electron chi connectivity index (χ4n) is 1.88. The molecule has 0 spiro atoms. The van der Waals surface area contributed by atoms with Crippen molar-refractivity contribution in [1.29, 1.82) is 0 Å². The van der Waals surface area contributed by atoms with Crippen LogP contribution >= 0.6 is 15.9 Å². The number of rotatable bonds is 2. The van der Waals surface area contributed by atoms with Gasteiger partial charge in [0, 0.05) is 16.4 Å². The third-order valence-corrected chi connectivity index (χ3v) is 3.59. The normalized spacial score (nSPS) is 21.9. The molecule has 19 heavy (non-hydrogen) atoms. The fourth-order valence-corrected chi connectivity index (χ4v) is 2.23. The van der Waals surface area contributed by atoms with E-state index in [4.69, 9.17) is 10.5 Å². The lowest BCUT2D eigenvalue weighted by molar-refractivity contribution is 0.0636. The van der Waals surface area contributed by atoms with Crippen LogP contribution in [-0.4, -0.2) is 17.7 Å². The fraction of sp³-hybridized carbons (Fsp3) is 0.500. The second-order valence-corrected chi connectivity index (χ2v) is 6.73. The maximum absolute atomic E-state index is 11.8. The number of nitrogens with two attached hydrogens (primary N) is 1. The number of ether oxygens (including phenoxy) is 1. The lowest BCUT2D eigenvalue weighted by Crippen LogP contribution is -2.27. The first-order valence-electron chi connectivity index (χ1n) is 6.31. The second-order valence-electron chi connectivity index (χ2n) is 5.87. The van der Waals surface area contributed by atoms with E-state index in [9.17, 15) is 4.79 Å². The van der Waals surface area contributed by atoms with E-state index in [1.165, 1.54) is 0 Å². The summed E-state index contributed by atoms with van der Waals surface area (Å²) in [7, 11) is 0. The van der Waals surface area contributed by atoms with Crippen molar-refractivity contribution in [2.75, 3.05) is 5.32 Å². The highest BCUT2D eigenvalue weighted by Gasteiger charge is 2.35. The van der Waals surface area contributed by atoms with Gasteiger partial charge in [0.25, 0.3) is 0 Å². The molecule has 0 aliphatic heterocycles. The molecule has 4 nitrogen and oxygen atoms in total. The van der Waals surface area contributed by atoms with Gasteiger partial charge >= 0.3 is 6.09 Å². The average molecular weight is 327 g/mol. The van der Waals surface area contributed by atoms with E-state index in [2.05, 4.69) is 21.2 Å². The van der Waals surface area contributed by atoms with E-state index in [-0.39, 0.29) is 6.04 Å². The summed E-state index contributed by atoms with van der Waals surface area (Å²) in [4.78, 5) is 11.8. The molecule has 0 heterocycles. The van der Waals surface area contributed by atoms with Crippen LogP contribution < -0.4 is 11.1 Å². The monoisotopic (exact) mass is 326 g/mol. The van der Waals surface area contributed by atoms with Crippen molar-refractivity contribution >= 4 is 27.7 Å². The molecule has 5 heteroatoms. The van der Waals surface area contributed by atoms with Crippen LogP contribution in [0.25, 0.3) is 0 Å². The summed E-state index contributed by atoms with van der Waals surface area (Å²) >= 11 is 3.42. The Bertz CT molecular complexity index is 497. The summed E-state index contributed by atoms with van der Waals surface area (Å²) in [5, 5.41) is 2.76. The molecule has 1 aliphatic rings. The van der Waals surface area contributed by atoms with E-state index in [0.29, 0.717) is 11.6 Å². The van der Waals surface area contributed by atoms with Crippen LogP contribution in [0.1, 0.15) is 38.7 Å². The van der Waals surface area contributed by atoms with Gasteiger partial charge in [0.1, 0.15) is 5.60 Å². The molecule has 0 bridgehead atoms. The quantitative estimate of drug-likeness (QED) is 0.872. The van der Waals surface area contributed by atoms with Crippen molar-refractivity contribution < 1.29 is 9.53 Å². The van der Waals surface area contributed by atoms with Crippen LogP contribution in [0.3, 0.4) is 0 Å². The molecule has 1 aliphatic carbocycles. The van der Waals surface area contributed by atoms with Crippen LogP contribution in [0.4, 0.5) is 10.5 Å². The number of hydrogen-bond acceptors (Lipinski definition) is 3. The number of hydrogen-bond donors (Lipinski definition) is 2. The zero-order chi connectivity index (χ0) is 14.2. The van der Waals surface area contributed by atoms with Crippen LogP contribution in [0, 0.1) is 0 Å². The van der Waals surface area contributed by atoms with Gasteiger partial charge < -0.3 is 10.5 Å². The third kappa shape index (κ3) is 3.94. The lowest BCUT2D eigenvalue weighted by Gasteiger charge is -2.20. The Morgan fingerprint density at radius 2 is 2.11 bits per heavy atom. The first-order chi connectivity index (χ1) is 8.76. The number of benzene rings is 1. The molecule has 0 radical (unpaired) electrons. The maximum atomic E-state index is 11.8. The Kier molecular flexibility index (Phi) is 3.87. The molecule has 1 aromatic rings. The molecule has 2 rings (SSSR count). The summed E-state index contributed by atoms with van der Waals surface area (Å²) in [6.45, 7) is 5.50. The molecule has 2 atom stereocenters. The van der Waals surface area contributed by atoms with E-state index >= 15 is 0 Å². The Labute approximate surface area is 121 Å². The predicted octanol–water partition coefficient (Wildman–Crippen LogP) is 3.61. The van der Waals surface area contributed by atoms with Gasteiger partial charge in [-0.1, -0.05) is 6.07 Å². The first kappa shape index (κ1) is 14.3. The number of amides is 1. The number of carbonyl (C=O) groups excluding carboxylic acids is 1. The number of nitrogens with one attached hydrogen (secondary N) is 1. The largest absolute Gasteiger partial charge is 0.444 e. The highest BCUT2D eigenvalue weighted by atomic mass is 79.9. The van der Waals surface area contributed by atoms with Gasteiger partial charge in [-0.05, 0) is 60.8 Å². The van der Waals surface area contributed by atoms with Crippen molar-refractivity contribution in [2.24, 2.45) is 5.73 Å². The van der Waals surface area contributed by atoms with E-state index < -0.39 is 11.7 Å². The summed E-state index contributed by atoms with van der Waals surface area (Å²) in [5.74, 6) is 0.410. The zero-order valence-electron chi connectivity index (χ0n) is 11.4. The average Bonchev–Trinajstić information content (AvgIpc) is 2.96. The smallest absolute Gasteiger partial charge is 0.412 e. The van der Waals surface area contributed by atoms with Gasteiger partial charge in [-0.3, -0.25) is 5.32 Å². The van der Waals surface area contributed by atoms with Gasteiger partial charge in [-0.15, -0.1) is 0 Å². The van der Waals surface area contributed by atoms with Gasteiger partial charge in [0.05, 0.1) is 5.69 Å². The van der Waals surface area contributed by atoms with Gasteiger partial charge in [-0.2, -0.15) is 0 Å². The van der Waals surface area contributed by atoms with E-state index in [1.807, 2.05) is 39.0 Å². The summed E-state index contributed by atoms with van der Waals surface area (Å²) in [5.41, 5.74) is 7.21. The molecule has 1 fully saturated rings. The van der Waals surface area contributed by atoms with Crippen LogP contribution in [0.15, 0.2) is 22.7 Å². The SMILES string of the molecule is CC(C)(C)OC(=O)Nc1cc(C2CC2N)ccc1Br. The van der Waals surface area contributed by atoms with Crippen LogP contribution in [0.2, 0.25) is 0 Å². The zero-order valence-corrected chi connectivity index (χ0v) is 13.0. The molecule has 0 saturated heterocycles. The molecule has 104 valence electrons. The molecular formula is C14H19BrN2O2. The van der Waals surface area contributed by atoms with E-state index in [0.717, 1.165) is 16.5 Å². The molecule has 2 unspecified atom stereocenters. The second kappa shape index (κ2) is 5.13. The van der Waals surface area contributed by atoms with Crippen molar-refractivity contribution in [3.63, 3.8) is 0 Å². The molecule has 1 amide bonds. The topological polar surface area (TPSA) is 64.3 Å². The Morgan fingerprint density at radius 1 is 1.47 bits per heavy atom. The summed E-state index contributed by atoms with van der Waals surface area (Å²) in [6, 6.07) is 6.15. The number of anilines is 1. The standard InChI is InChI=1S/C14H19BrN2O2/c1-14(2,3)19-13(18)17-12-6-8(4-5-10(12)15)9-7-11(9)16/h4-6,9,11H,7,16H2,1-3H3,(H,17,18). The van der Waals surface area contributed by atoms with Gasteiger partial charge in [-0.25, -0.2) is 4.79 Å². The van der Waals surface area contributed by atoms with Crippen LogP contribution in [-0.2, 0) is 4.74 Å². The lowest BCUT2D eigenvalue weighted by atomic mass is 10.1. The molecular weight excluding hydrogens is 308 g/mol. The Hall–Kier alpha value is -1.07.